The second kappa shape index (κ2) is 4.84. The Balaban J connectivity index is 2.47. The van der Waals surface area contributed by atoms with Gasteiger partial charge in [-0.05, 0) is 32.1 Å². The van der Waals surface area contributed by atoms with Gasteiger partial charge in [-0.1, -0.05) is 0 Å². The Labute approximate surface area is 103 Å². The Morgan fingerprint density at radius 2 is 1.82 bits per heavy atom. The van der Waals surface area contributed by atoms with Crippen LogP contribution in [0, 0.1) is 0 Å². The van der Waals surface area contributed by atoms with E-state index in [4.69, 9.17) is 9.47 Å². The predicted octanol–water partition coefficient (Wildman–Crippen LogP) is 2.12. The van der Waals surface area contributed by atoms with Gasteiger partial charge in [0.1, 0.15) is 0 Å². The molecule has 0 aliphatic carbocycles. The van der Waals surface area contributed by atoms with Gasteiger partial charge in [-0.3, -0.25) is 0 Å². The van der Waals surface area contributed by atoms with Crippen molar-refractivity contribution < 1.29 is 9.47 Å². The third-order valence-corrected chi connectivity index (χ3v) is 3.27. The monoisotopic (exact) mass is 236 g/mol. The highest BCUT2D eigenvalue weighted by Gasteiger charge is 2.24. The molecule has 0 saturated carbocycles. The van der Waals surface area contributed by atoms with Crippen LogP contribution in [0.5, 0.6) is 11.5 Å². The van der Waals surface area contributed by atoms with Crippen LogP contribution in [-0.2, 0) is 0 Å². The van der Waals surface area contributed by atoms with Crippen LogP contribution >= 0.6 is 0 Å². The van der Waals surface area contributed by atoms with Crippen molar-refractivity contribution in [2.75, 3.05) is 40.2 Å². The number of nitrogens with zero attached hydrogens (tertiary/aromatic N) is 1. The van der Waals surface area contributed by atoms with Crippen molar-refractivity contribution in [3.63, 3.8) is 0 Å². The highest BCUT2D eigenvalue weighted by Crippen LogP contribution is 2.40. The minimum absolute atomic E-state index is 0.436. The quantitative estimate of drug-likeness (QED) is 0.871. The number of nitrogens with one attached hydrogen (secondary N) is 1. The molecule has 4 heteroatoms. The molecule has 1 unspecified atom stereocenters. The third-order valence-electron chi connectivity index (χ3n) is 3.27. The zero-order valence-electron chi connectivity index (χ0n) is 10.9. The normalized spacial score (nSPS) is 18.5. The summed E-state index contributed by atoms with van der Waals surface area (Å²) in [4.78, 5) is 2.24. The molecule has 1 aliphatic rings. The summed E-state index contributed by atoms with van der Waals surface area (Å²) in [7, 11) is 7.55. The van der Waals surface area contributed by atoms with E-state index in [1.807, 2.05) is 6.07 Å². The fraction of sp³-hybridized carbons (Fsp3) is 0.538. The summed E-state index contributed by atoms with van der Waals surface area (Å²) in [6.45, 7) is 0.991. The van der Waals surface area contributed by atoms with Gasteiger partial charge in [-0.2, -0.15) is 0 Å². The summed E-state index contributed by atoms with van der Waals surface area (Å²) in [6, 6.07) is 4.53. The fourth-order valence-corrected chi connectivity index (χ4v) is 2.36. The van der Waals surface area contributed by atoms with Gasteiger partial charge in [0, 0.05) is 24.3 Å². The van der Waals surface area contributed by atoms with Crippen LogP contribution in [0.1, 0.15) is 18.0 Å². The average molecular weight is 236 g/mol. The van der Waals surface area contributed by atoms with Crippen molar-refractivity contribution in [1.82, 2.24) is 4.90 Å². The lowest BCUT2D eigenvalue weighted by Gasteiger charge is -2.32. The average Bonchev–Trinajstić information content (AvgIpc) is 2.35. The molecule has 1 aliphatic heterocycles. The molecule has 17 heavy (non-hydrogen) atoms. The molecule has 4 nitrogen and oxygen atoms in total. The lowest BCUT2D eigenvalue weighted by molar-refractivity contribution is 0.282. The SMILES string of the molecule is COc1cc2c(cc1OC)C(N(C)C)CCN2. The number of hydrogen-bond acceptors (Lipinski definition) is 4. The summed E-state index contributed by atoms with van der Waals surface area (Å²) in [5.41, 5.74) is 2.42. The Kier molecular flexibility index (Phi) is 3.43. The zero-order valence-corrected chi connectivity index (χ0v) is 10.9. The minimum Gasteiger partial charge on any atom is -0.493 e. The maximum absolute atomic E-state index is 5.36. The summed E-state index contributed by atoms with van der Waals surface area (Å²) >= 11 is 0. The number of rotatable bonds is 3. The van der Waals surface area contributed by atoms with E-state index in [0.29, 0.717) is 6.04 Å². The number of hydrogen-bond donors (Lipinski definition) is 1. The highest BCUT2D eigenvalue weighted by molar-refractivity contribution is 5.62. The number of fused-ring (bicyclic) bond motifs is 1. The lowest BCUT2D eigenvalue weighted by atomic mass is 9.96. The maximum Gasteiger partial charge on any atom is 0.162 e. The molecule has 0 radical (unpaired) electrons. The smallest absolute Gasteiger partial charge is 0.162 e. The van der Waals surface area contributed by atoms with Gasteiger partial charge < -0.3 is 19.7 Å². The zero-order chi connectivity index (χ0) is 12.4. The fourth-order valence-electron chi connectivity index (χ4n) is 2.36. The first-order chi connectivity index (χ1) is 8.17. The first-order valence-electron chi connectivity index (χ1n) is 5.83. The van der Waals surface area contributed by atoms with E-state index in [9.17, 15) is 0 Å². The van der Waals surface area contributed by atoms with Crippen molar-refractivity contribution in [1.29, 1.82) is 0 Å². The molecule has 94 valence electrons. The van der Waals surface area contributed by atoms with Gasteiger partial charge >= 0.3 is 0 Å². The predicted molar refractivity (Wildman–Crippen MR) is 69.1 cm³/mol. The summed E-state index contributed by atoms with van der Waals surface area (Å²) in [5, 5.41) is 3.41. The molecule has 1 atom stereocenters. The molecule has 0 spiro atoms. The van der Waals surface area contributed by atoms with Gasteiger partial charge in [-0.15, -0.1) is 0 Å². The van der Waals surface area contributed by atoms with Crippen LogP contribution in [-0.4, -0.2) is 39.8 Å². The Hall–Kier alpha value is -1.42. The third kappa shape index (κ3) is 2.17. The second-order valence-electron chi connectivity index (χ2n) is 4.49. The number of methoxy groups -OCH3 is 2. The van der Waals surface area contributed by atoms with Crippen molar-refractivity contribution in [3.05, 3.63) is 17.7 Å². The number of anilines is 1. The van der Waals surface area contributed by atoms with Crippen molar-refractivity contribution in [3.8, 4) is 11.5 Å². The minimum atomic E-state index is 0.436. The topological polar surface area (TPSA) is 33.7 Å². The van der Waals surface area contributed by atoms with Crippen LogP contribution in [0.2, 0.25) is 0 Å². The Morgan fingerprint density at radius 3 is 2.41 bits per heavy atom. The molecule has 1 N–H and O–H groups in total. The van der Waals surface area contributed by atoms with Gasteiger partial charge in [0.05, 0.1) is 14.2 Å². The van der Waals surface area contributed by atoms with Gasteiger partial charge in [0.2, 0.25) is 0 Å². The van der Waals surface area contributed by atoms with Crippen LogP contribution in [0.25, 0.3) is 0 Å². The van der Waals surface area contributed by atoms with E-state index >= 15 is 0 Å². The van der Waals surface area contributed by atoms with Crippen molar-refractivity contribution >= 4 is 5.69 Å². The van der Waals surface area contributed by atoms with Crippen LogP contribution in [0.3, 0.4) is 0 Å². The van der Waals surface area contributed by atoms with Crippen molar-refractivity contribution in [2.45, 2.75) is 12.5 Å². The Bertz CT molecular complexity index is 405. The first kappa shape index (κ1) is 12.0. The molecular formula is C13H20N2O2. The van der Waals surface area contributed by atoms with Gasteiger partial charge in [0.15, 0.2) is 11.5 Å². The standard InChI is InChI=1S/C13H20N2O2/c1-15(2)11-5-6-14-10-8-13(17-4)12(16-3)7-9(10)11/h7-8,11,14H,5-6H2,1-4H3. The Morgan fingerprint density at radius 1 is 1.18 bits per heavy atom. The molecule has 0 saturated heterocycles. The molecule has 0 amide bonds. The lowest BCUT2D eigenvalue weighted by Crippen LogP contribution is -2.27. The van der Waals surface area contributed by atoms with E-state index in [-0.39, 0.29) is 0 Å². The van der Waals surface area contributed by atoms with E-state index in [0.717, 1.165) is 30.2 Å². The highest BCUT2D eigenvalue weighted by atomic mass is 16.5. The molecule has 0 bridgehead atoms. The van der Waals surface area contributed by atoms with Crippen LogP contribution < -0.4 is 14.8 Å². The van der Waals surface area contributed by atoms with E-state index in [1.54, 1.807) is 14.2 Å². The van der Waals surface area contributed by atoms with Gasteiger partial charge in [-0.25, -0.2) is 0 Å². The first-order valence-corrected chi connectivity index (χ1v) is 5.83. The molecule has 1 aromatic carbocycles. The van der Waals surface area contributed by atoms with Gasteiger partial charge in [0.25, 0.3) is 0 Å². The summed E-state index contributed by atoms with van der Waals surface area (Å²) < 4.78 is 10.7. The summed E-state index contributed by atoms with van der Waals surface area (Å²) in [5.74, 6) is 1.57. The molecule has 1 heterocycles. The molecule has 2 rings (SSSR count). The van der Waals surface area contributed by atoms with E-state index < -0.39 is 0 Å². The van der Waals surface area contributed by atoms with E-state index in [1.165, 1.54) is 5.56 Å². The molecular weight excluding hydrogens is 216 g/mol. The maximum atomic E-state index is 5.36. The van der Waals surface area contributed by atoms with Crippen LogP contribution in [0.4, 0.5) is 5.69 Å². The number of benzene rings is 1. The number of ether oxygens (including phenoxy) is 2. The van der Waals surface area contributed by atoms with E-state index in [2.05, 4.69) is 30.4 Å². The molecule has 0 fully saturated rings. The molecule has 1 aromatic rings. The second-order valence-corrected chi connectivity index (χ2v) is 4.49. The summed E-state index contributed by atoms with van der Waals surface area (Å²) in [6.07, 6.45) is 1.11. The van der Waals surface area contributed by atoms with Crippen molar-refractivity contribution in [2.24, 2.45) is 0 Å². The van der Waals surface area contributed by atoms with Crippen LogP contribution in [0.15, 0.2) is 12.1 Å². The largest absolute Gasteiger partial charge is 0.493 e. The molecule has 0 aromatic heterocycles.